The highest BCUT2D eigenvalue weighted by Gasteiger charge is 2.09. The average molecular weight is 299 g/mol. The molecule has 0 bridgehead atoms. The maximum absolute atomic E-state index is 11.7. The molecule has 2 aromatic rings. The number of hydrogen-bond donors (Lipinski definition) is 1. The first-order valence-electron chi connectivity index (χ1n) is 6.88. The monoisotopic (exact) mass is 299 g/mol. The summed E-state index contributed by atoms with van der Waals surface area (Å²) >= 11 is 0. The smallest absolute Gasteiger partial charge is 0.338 e. The lowest BCUT2D eigenvalue weighted by Gasteiger charge is -2.08. The highest BCUT2D eigenvalue weighted by atomic mass is 16.5. The minimum Gasteiger partial charge on any atom is -0.465 e. The summed E-state index contributed by atoms with van der Waals surface area (Å²) in [5, 5.41) is 2.69. The summed E-state index contributed by atoms with van der Waals surface area (Å²) in [4.78, 5) is 23.4. The van der Waals surface area contributed by atoms with Gasteiger partial charge in [-0.25, -0.2) is 4.79 Å². The van der Waals surface area contributed by atoms with Gasteiger partial charge in [0.15, 0.2) is 0 Å². The lowest BCUT2D eigenvalue weighted by Crippen LogP contribution is -2.12. The molecule has 0 fully saturated rings. The van der Waals surface area contributed by atoms with Crippen LogP contribution in [0.25, 0.3) is 6.08 Å². The minimum absolute atomic E-state index is 0.168. The Hall–Kier alpha value is -2.82. The van der Waals surface area contributed by atoms with E-state index < -0.39 is 0 Å². The van der Waals surface area contributed by atoms with Crippen molar-refractivity contribution in [3.8, 4) is 0 Å². The van der Waals surface area contributed by atoms with E-state index in [1.807, 2.05) is 0 Å². The molecule has 0 aliphatic rings. The molecule has 0 atom stereocenters. The molecule has 5 nitrogen and oxygen atoms in total. The van der Waals surface area contributed by atoms with Crippen LogP contribution in [0.2, 0.25) is 0 Å². The standard InChI is InChI=1S/C17H17NO4/c1-12(2)22-17(20)13-5-7-14(8-6-13)18-16(19)10-9-15-4-3-11-21-15/h3-12H,1-2H3,(H,18,19). The zero-order chi connectivity index (χ0) is 15.9. The molecule has 0 spiro atoms. The van der Waals surface area contributed by atoms with Crippen LogP contribution < -0.4 is 5.32 Å². The number of carbonyl (C=O) groups excluding carboxylic acids is 2. The Kier molecular flexibility index (Phi) is 5.14. The van der Waals surface area contributed by atoms with E-state index in [1.165, 1.54) is 12.3 Å². The van der Waals surface area contributed by atoms with E-state index in [0.717, 1.165) is 0 Å². The molecule has 1 aromatic carbocycles. The SMILES string of the molecule is CC(C)OC(=O)c1ccc(NC(=O)C=Cc2ccco2)cc1. The highest BCUT2D eigenvalue weighted by molar-refractivity contribution is 6.02. The van der Waals surface area contributed by atoms with Crippen molar-refractivity contribution in [1.82, 2.24) is 0 Å². The Bertz CT molecular complexity index is 654. The van der Waals surface area contributed by atoms with Gasteiger partial charge in [-0.2, -0.15) is 0 Å². The van der Waals surface area contributed by atoms with Crippen molar-refractivity contribution in [2.75, 3.05) is 5.32 Å². The summed E-state index contributed by atoms with van der Waals surface area (Å²) in [5.74, 6) is -0.0681. The molecule has 0 radical (unpaired) electrons. The first kappa shape index (κ1) is 15.6. The minimum atomic E-state index is -0.384. The van der Waals surface area contributed by atoms with Crippen LogP contribution in [0.4, 0.5) is 5.69 Å². The third-order valence-electron chi connectivity index (χ3n) is 2.67. The van der Waals surface area contributed by atoms with Crippen molar-refractivity contribution < 1.29 is 18.7 Å². The Balaban J connectivity index is 1.93. The number of rotatable bonds is 5. The zero-order valence-corrected chi connectivity index (χ0v) is 12.4. The van der Waals surface area contributed by atoms with Gasteiger partial charge in [0, 0.05) is 11.8 Å². The van der Waals surface area contributed by atoms with E-state index >= 15 is 0 Å². The highest BCUT2D eigenvalue weighted by Crippen LogP contribution is 2.12. The van der Waals surface area contributed by atoms with Gasteiger partial charge in [-0.3, -0.25) is 4.79 Å². The van der Waals surface area contributed by atoms with Crippen LogP contribution in [0.1, 0.15) is 30.0 Å². The van der Waals surface area contributed by atoms with E-state index in [1.54, 1.807) is 56.3 Å². The van der Waals surface area contributed by atoms with Gasteiger partial charge in [0.1, 0.15) is 5.76 Å². The largest absolute Gasteiger partial charge is 0.465 e. The molecule has 0 saturated carbocycles. The zero-order valence-electron chi connectivity index (χ0n) is 12.4. The lowest BCUT2D eigenvalue weighted by molar-refractivity contribution is -0.111. The Morgan fingerprint density at radius 3 is 2.50 bits per heavy atom. The molecule has 0 aliphatic carbocycles. The first-order chi connectivity index (χ1) is 10.5. The number of amides is 1. The first-order valence-corrected chi connectivity index (χ1v) is 6.88. The second-order valence-corrected chi connectivity index (χ2v) is 4.87. The van der Waals surface area contributed by atoms with Gasteiger partial charge >= 0.3 is 5.97 Å². The van der Waals surface area contributed by atoms with Crippen molar-refractivity contribution in [2.45, 2.75) is 20.0 Å². The van der Waals surface area contributed by atoms with Crippen LogP contribution in [-0.4, -0.2) is 18.0 Å². The summed E-state index contributed by atoms with van der Waals surface area (Å²) in [7, 11) is 0. The maximum Gasteiger partial charge on any atom is 0.338 e. The van der Waals surface area contributed by atoms with Crippen molar-refractivity contribution >= 4 is 23.6 Å². The van der Waals surface area contributed by atoms with Crippen molar-refractivity contribution in [2.24, 2.45) is 0 Å². The molecule has 1 amide bonds. The molecular formula is C17H17NO4. The molecule has 0 saturated heterocycles. The van der Waals surface area contributed by atoms with Gasteiger partial charge in [-0.05, 0) is 56.3 Å². The summed E-state index contributed by atoms with van der Waals surface area (Å²) in [6, 6.07) is 10.0. The molecule has 22 heavy (non-hydrogen) atoms. The van der Waals surface area contributed by atoms with Gasteiger partial charge < -0.3 is 14.5 Å². The summed E-state index contributed by atoms with van der Waals surface area (Å²) < 4.78 is 10.2. The molecule has 0 aliphatic heterocycles. The van der Waals surface area contributed by atoms with Gasteiger partial charge in [-0.15, -0.1) is 0 Å². The third kappa shape index (κ3) is 4.63. The maximum atomic E-state index is 11.7. The summed E-state index contributed by atoms with van der Waals surface area (Å²) in [6.07, 6.45) is 4.31. The Morgan fingerprint density at radius 2 is 1.91 bits per heavy atom. The fourth-order valence-corrected chi connectivity index (χ4v) is 1.70. The Labute approximate surface area is 128 Å². The van der Waals surface area contributed by atoms with E-state index in [-0.39, 0.29) is 18.0 Å². The van der Waals surface area contributed by atoms with Crippen LogP contribution in [0.5, 0.6) is 0 Å². The molecule has 0 unspecified atom stereocenters. The predicted molar refractivity (Wildman–Crippen MR) is 83.4 cm³/mol. The molecule has 1 N–H and O–H groups in total. The number of nitrogens with one attached hydrogen (secondary N) is 1. The number of hydrogen-bond acceptors (Lipinski definition) is 4. The fourth-order valence-electron chi connectivity index (χ4n) is 1.70. The second-order valence-electron chi connectivity index (χ2n) is 4.87. The second kappa shape index (κ2) is 7.26. The number of anilines is 1. The van der Waals surface area contributed by atoms with Crippen molar-refractivity contribution in [1.29, 1.82) is 0 Å². The normalized spacial score (nSPS) is 10.9. The summed E-state index contributed by atoms with van der Waals surface area (Å²) in [6.45, 7) is 3.58. The van der Waals surface area contributed by atoms with Gasteiger partial charge in [0.2, 0.25) is 5.91 Å². The lowest BCUT2D eigenvalue weighted by atomic mass is 10.2. The van der Waals surface area contributed by atoms with Crippen LogP contribution in [-0.2, 0) is 9.53 Å². The molecule has 5 heteroatoms. The molecule has 2 rings (SSSR count). The van der Waals surface area contributed by atoms with E-state index in [0.29, 0.717) is 17.0 Å². The van der Waals surface area contributed by atoms with Crippen LogP contribution in [0, 0.1) is 0 Å². The number of ether oxygens (including phenoxy) is 1. The van der Waals surface area contributed by atoms with Gasteiger partial charge in [0.05, 0.1) is 17.9 Å². The van der Waals surface area contributed by atoms with Crippen molar-refractivity contribution in [3.63, 3.8) is 0 Å². The van der Waals surface area contributed by atoms with Crippen LogP contribution in [0.3, 0.4) is 0 Å². The van der Waals surface area contributed by atoms with Gasteiger partial charge in [0.25, 0.3) is 0 Å². The number of esters is 1. The van der Waals surface area contributed by atoms with Crippen LogP contribution in [0.15, 0.2) is 53.2 Å². The predicted octanol–water partition coefficient (Wildman–Crippen LogP) is 3.50. The number of carbonyl (C=O) groups is 2. The van der Waals surface area contributed by atoms with Crippen molar-refractivity contribution in [3.05, 3.63) is 60.1 Å². The molecular weight excluding hydrogens is 282 g/mol. The summed E-state index contributed by atoms with van der Waals surface area (Å²) in [5.41, 5.74) is 1.04. The number of furan rings is 1. The van der Waals surface area contributed by atoms with E-state index in [9.17, 15) is 9.59 Å². The van der Waals surface area contributed by atoms with Gasteiger partial charge in [-0.1, -0.05) is 0 Å². The van der Waals surface area contributed by atoms with Crippen LogP contribution >= 0.6 is 0 Å². The molecule has 1 aromatic heterocycles. The average Bonchev–Trinajstić information content (AvgIpc) is 2.98. The number of benzene rings is 1. The quantitative estimate of drug-likeness (QED) is 0.677. The third-order valence-corrected chi connectivity index (χ3v) is 2.67. The Morgan fingerprint density at radius 1 is 1.18 bits per heavy atom. The molecule has 114 valence electrons. The molecule has 1 heterocycles. The topological polar surface area (TPSA) is 68.5 Å². The fraction of sp³-hybridized carbons (Fsp3) is 0.176. The van der Waals surface area contributed by atoms with E-state index in [4.69, 9.17) is 9.15 Å². The van der Waals surface area contributed by atoms with E-state index in [2.05, 4.69) is 5.32 Å².